The van der Waals surface area contributed by atoms with Gasteiger partial charge in [-0.1, -0.05) is 30.4 Å². The van der Waals surface area contributed by atoms with E-state index in [1.54, 1.807) is 0 Å². The van der Waals surface area contributed by atoms with Crippen molar-refractivity contribution in [3.8, 4) is 0 Å². The van der Waals surface area contributed by atoms with Crippen molar-refractivity contribution in [2.75, 3.05) is 6.54 Å². The van der Waals surface area contributed by atoms with E-state index in [4.69, 9.17) is 4.42 Å². The van der Waals surface area contributed by atoms with E-state index in [9.17, 15) is 0 Å². The number of hydrogen-bond donors (Lipinski definition) is 1. The van der Waals surface area contributed by atoms with Crippen LogP contribution in [0.25, 0.3) is 11.0 Å². The fourth-order valence-corrected chi connectivity index (χ4v) is 2.01. The summed E-state index contributed by atoms with van der Waals surface area (Å²) < 4.78 is 5.72. The summed E-state index contributed by atoms with van der Waals surface area (Å²) >= 11 is 0. The molecule has 1 heterocycles. The Hall–Kier alpha value is -1.54. The molecule has 0 aliphatic carbocycles. The van der Waals surface area contributed by atoms with Crippen LogP contribution in [0.15, 0.2) is 40.8 Å². The first-order chi connectivity index (χ1) is 8.33. The fraction of sp³-hybridized carbons (Fsp3) is 0.333. The highest BCUT2D eigenvalue weighted by Crippen LogP contribution is 2.24. The first kappa shape index (κ1) is 11.9. The summed E-state index contributed by atoms with van der Waals surface area (Å²) in [4.78, 5) is 0. The average Bonchev–Trinajstić information content (AvgIpc) is 2.65. The first-order valence-electron chi connectivity index (χ1n) is 6.12. The molecule has 0 spiro atoms. The molecule has 0 amide bonds. The van der Waals surface area contributed by atoms with Gasteiger partial charge in [-0.3, -0.25) is 0 Å². The van der Waals surface area contributed by atoms with Gasteiger partial charge in [-0.25, -0.2) is 0 Å². The number of aryl methyl sites for hydroxylation is 1. The minimum absolute atomic E-state index is 0.875. The predicted octanol–water partition coefficient (Wildman–Crippen LogP) is 3.80. The molecule has 0 saturated heterocycles. The Balaban J connectivity index is 2.05. The van der Waals surface area contributed by atoms with Crippen molar-refractivity contribution >= 4 is 11.0 Å². The van der Waals surface area contributed by atoms with Crippen molar-refractivity contribution in [1.82, 2.24) is 5.32 Å². The first-order valence-corrected chi connectivity index (χ1v) is 6.12. The van der Waals surface area contributed by atoms with Gasteiger partial charge in [-0.15, -0.1) is 0 Å². The molecule has 0 aliphatic rings. The van der Waals surface area contributed by atoms with Crippen LogP contribution in [-0.2, 0) is 6.54 Å². The van der Waals surface area contributed by atoms with E-state index in [1.165, 1.54) is 10.9 Å². The molecule has 0 unspecified atom stereocenters. The van der Waals surface area contributed by atoms with E-state index in [0.29, 0.717) is 0 Å². The van der Waals surface area contributed by atoms with Crippen LogP contribution in [0.2, 0.25) is 0 Å². The number of fused-ring (bicyclic) bond motifs is 1. The van der Waals surface area contributed by atoms with Gasteiger partial charge in [0.1, 0.15) is 11.3 Å². The van der Waals surface area contributed by atoms with E-state index >= 15 is 0 Å². The maximum Gasteiger partial charge on any atom is 0.134 e. The third-order valence-electron chi connectivity index (χ3n) is 2.93. The van der Waals surface area contributed by atoms with Gasteiger partial charge in [0.05, 0.1) is 0 Å². The minimum Gasteiger partial charge on any atom is -0.461 e. The lowest BCUT2D eigenvalue weighted by atomic mass is 10.1. The second-order valence-corrected chi connectivity index (χ2v) is 4.17. The number of nitrogens with one attached hydrogen (secondary N) is 1. The van der Waals surface area contributed by atoms with E-state index in [1.807, 2.05) is 26.0 Å². The van der Waals surface area contributed by atoms with Gasteiger partial charge in [-0.05, 0) is 32.9 Å². The van der Waals surface area contributed by atoms with Gasteiger partial charge in [0, 0.05) is 17.5 Å². The van der Waals surface area contributed by atoms with Gasteiger partial charge in [0.25, 0.3) is 0 Å². The zero-order valence-corrected chi connectivity index (χ0v) is 10.5. The molecule has 1 aromatic heterocycles. The van der Waals surface area contributed by atoms with Crippen molar-refractivity contribution < 1.29 is 4.42 Å². The summed E-state index contributed by atoms with van der Waals surface area (Å²) in [5.41, 5.74) is 2.26. The Morgan fingerprint density at radius 2 is 2.12 bits per heavy atom. The van der Waals surface area contributed by atoms with Crippen LogP contribution in [0.5, 0.6) is 0 Å². The van der Waals surface area contributed by atoms with Crippen LogP contribution in [0.3, 0.4) is 0 Å². The number of allylic oxidation sites excluding steroid dienone is 1. The van der Waals surface area contributed by atoms with E-state index in [-0.39, 0.29) is 0 Å². The Morgan fingerprint density at radius 3 is 2.94 bits per heavy atom. The van der Waals surface area contributed by atoms with Gasteiger partial charge in [-0.2, -0.15) is 0 Å². The van der Waals surface area contributed by atoms with Gasteiger partial charge in [0.2, 0.25) is 0 Å². The third-order valence-corrected chi connectivity index (χ3v) is 2.93. The summed E-state index contributed by atoms with van der Waals surface area (Å²) in [6.45, 7) is 5.96. The molecular formula is C15H19NO. The molecule has 2 nitrogen and oxygen atoms in total. The lowest BCUT2D eigenvalue weighted by Crippen LogP contribution is -2.14. The van der Waals surface area contributed by atoms with Crippen LogP contribution in [-0.4, -0.2) is 6.54 Å². The minimum atomic E-state index is 0.875. The quantitative estimate of drug-likeness (QED) is 0.623. The largest absolute Gasteiger partial charge is 0.461 e. The molecule has 0 bridgehead atoms. The van der Waals surface area contributed by atoms with Crippen molar-refractivity contribution in [3.05, 3.63) is 47.7 Å². The van der Waals surface area contributed by atoms with E-state index in [2.05, 4.69) is 29.6 Å². The molecule has 2 aromatic rings. The summed E-state index contributed by atoms with van der Waals surface area (Å²) in [6.07, 6.45) is 5.33. The van der Waals surface area contributed by atoms with E-state index in [0.717, 1.165) is 30.9 Å². The second kappa shape index (κ2) is 5.69. The number of hydrogen-bond acceptors (Lipinski definition) is 2. The monoisotopic (exact) mass is 229 g/mol. The van der Waals surface area contributed by atoms with Gasteiger partial charge >= 0.3 is 0 Å². The Morgan fingerprint density at radius 1 is 1.29 bits per heavy atom. The number of rotatable bonds is 5. The maximum absolute atomic E-state index is 5.72. The van der Waals surface area contributed by atoms with Crippen molar-refractivity contribution in [3.63, 3.8) is 0 Å². The van der Waals surface area contributed by atoms with Crippen molar-refractivity contribution in [2.45, 2.75) is 26.8 Å². The van der Waals surface area contributed by atoms with Crippen molar-refractivity contribution in [1.29, 1.82) is 0 Å². The normalized spacial score (nSPS) is 11.6. The number of para-hydroxylation sites is 1. The van der Waals surface area contributed by atoms with Crippen molar-refractivity contribution in [2.24, 2.45) is 0 Å². The molecule has 17 heavy (non-hydrogen) atoms. The number of furan rings is 1. The highest BCUT2D eigenvalue weighted by atomic mass is 16.3. The Bertz CT molecular complexity index is 511. The molecule has 1 N–H and O–H groups in total. The molecular weight excluding hydrogens is 210 g/mol. The predicted molar refractivity (Wildman–Crippen MR) is 72.1 cm³/mol. The molecule has 0 radical (unpaired) electrons. The van der Waals surface area contributed by atoms with Crippen LogP contribution < -0.4 is 5.32 Å². The molecule has 0 fully saturated rings. The number of benzene rings is 1. The van der Waals surface area contributed by atoms with E-state index < -0.39 is 0 Å². The lowest BCUT2D eigenvalue weighted by Gasteiger charge is -2.02. The summed E-state index contributed by atoms with van der Waals surface area (Å²) in [7, 11) is 0. The lowest BCUT2D eigenvalue weighted by molar-refractivity contribution is 0.565. The maximum atomic E-state index is 5.72. The second-order valence-electron chi connectivity index (χ2n) is 4.17. The topological polar surface area (TPSA) is 25.2 Å². The summed E-state index contributed by atoms with van der Waals surface area (Å²) in [5.74, 6) is 1.02. The van der Waals surface area contributed by atoms with Crippen LogP contribution in [0.4, 0.5) is 0 Å². The zero-order chi connectivity index (χ0) is 12.1. The van der Waals surface area contributed by atoms with Crippen LogP contribution in [0, 0.1) is 6.92 Å². The SMILES string of the molecule is C/C=C/CCNCc1c(C)oc2ccccc12. The fourth-order valence-electron chi connectivity index (χ4n) is 2.01. The Labute approximate surface area is 102 Å². The summed E-state index contributed by atoms with van der Waals surface area (Å²) in [6, 6.07) is 8.20. The van der Waals surface area contributed by atoms with Crippen LogP contribution >= 0.6 is 0 Å². The molecule has 0 aliphatic heterocycles. The summed E-state index contributed by atoms with van der Waals surface area (Å²) in [5, 5.41) is 4.67. The molecule has 2 rings (SSSR count). The molecule has 0 saturated carbocycles. The smallest absolute Gasteiger partial charge is 0.134 e. The molecule has 0 atom stereocenters. The standard InChI is InChI=1S/C15H19NO/c1-3-4-7-10-16-11-14-12(2)17-15-9-6-5-8-13(14)15/h3-6,8-9,16H,7,10-11H2,1-2H3/b4-3+. The third kappa shape index (κ3) is 2.77. The molecule has 2 heteroatoms. The van der Waals surface area contributed by atoms with Gasteiger partial charge < -0.3 is 9.73 Å². The Kier molecular flexibility index (Phi) is 3.99. The highest BCUT2D eigenvalue weighted by Gasteiger charge is 2.08. The molecule has 90 valence electrons. The van der Waals surface area contributed by atoms with Gasteiger partial charge in [0.15, 0.2) is 0 Å². The average molecular weight is 229 g/mol. The van der Waals surface area contributed by atoms with Crippen LogP contribution in [0.1, 0.15) is 24.7 Å². The highest BCUT2D eigenvalue weighted by molar-refractivity contribution is 5.82. The molecule has 1 aromatic carbocycles. The zero-order valence-electron chi connectivity index (χ0n) is 10.5.